The molecule has 1 aromatic heterocycles. The van der Waals surface area contributed by atoms with Gasteiger partial charge in [0, 0.05) is 12.5 Å². The maximum Gasteiger partial charge on any atom is 0.408 e. The second-order valence-electron chi connectivity index (χ2n) is 17.9. The lowest BCUT2D eigenvalue weighted by molar-refractivity contribution is -0.143. The zero-order chi connectivity index (χ0) is 40.6. The van der Waals surface area contributed by atoms with Crippen molar-refractivity contribution in [3.8, 4) is 5.88 Å². The van der Waals surface area contributed by atoms with E-state index < -0.39 is 92.8 Å². The summed E-state index contributed by atoms with van der Waals surface area (Å²) in [5.74, 6) is -3.86. The Kier molecular flexibility index (Phi) is 10.1. The SMILES string of the molecule is CC(C)(C)[C@@H]1NC(=O)O[C@@H]2C[C@@H]3C[C@@H]3[C@H]2CCCCCc2nc3ccc(F)cc3nc2O[C@@H]2C[C@@H](C(=O)N[C@]3(C(=O)NS(=O)(=O)C4CC4)C[C@H]3C(F)F)N(C2)C1=O. The van der Waals surface area contributed by atoms with Gasteiger partial charge in [-0.05, 0) is 86.7 Å². The van der Waals surface area contributed by atoms with Crippen LogP contribution in [0.5, 0.6) is 5.88 Å². The molecule has 0 unspecified atom stereocenters. The van der Waals surface area contributed by atoms with Crippen molar-refractivity contribution in [2.45, 2.75) is 133 Å². The topological polar surface area (TPSA) is 186 Å². The molecular weight excluding hydrogens is 770 g/mol. The molecule has 6 aliphatic rings. The fourth-order valence-corrected chi connectivity index (χ4v) is 10.5. The minimum atomic E-state index is -4.15. The van der Waals surface area contributed by atoms with E-state index in [1.807, 2.05) is 4.72 Å². The number of sulfonamides is 1. The highest BCUT2D eigenvalue weighted by atomic mass is 32.2. The Balaban J connectivity index is 1.13. The van der Waals surface area contributed by atoms with Crippen LogP contribution in [0.3, 0.4) is 0 Å². The first-order chi connectivity index (χ1) is 26.9. The van der Waals surface area contributed by atoms with Gasteiger partial charge < -0.3 is 25.0 Å². The molecule has 9 atom stereocenters. The standard InChI is InChI=1S/C39H49F3N6O8S/c1-38(2,3)31-35(50)48-18-21(16-29(48)33(49)46-39(17-25(39)32(41)42)36(51)47-57(53,54)22-10-11-22)55-34-27(43-26-12-9-20(40)15-28(26)44-34)8-6-4-5-7-23-24-13-19(24)14-30(23)56-37(52)45-31/h9,12,15,19,21-25,29-32H,4-8,10-11,13-14,16-18H2,1-3H3,(H,45,52)(H,46,49)(H,47,51)/t19-,21+,23+,24-,25-,29-,30+,31+,39+/m0/s1. The Labute approximate surface area is 328 Å². The van der Waals surface area contributed by atoms with Gasteiger partial charge in [-0.25, -0.2) is 36.4 Å². The molecule has 8 rings (SSSR count). The van der Waals surface area contributed by atoms with Crippen LogP contribution >= 0.6 is 0 Å². The Morgan fingerprint density at radius 3 is 2.47 bits per heavy atom. The number of aryl methyl sites for hydroxylation is 1. The van der Waals surface area contributed by atoms with Crippen LogP contribution in [-0.2, 0) is 35.6 Å². The lowest BCUT2D eigenvalue weighted by atomic mass is 9.85. The van der Waals surface area contributed by atoms with E-state index in [-0.39, 0.29) is 36.4 Å². The Hall–Kier alpha value is -4.22. The molecule has 3 heterocycles. The number of benzene rings is 1. The summed E-state index contributed by atoms with van der Waals surface area (Å²) in [4.78, 5) is 66.5. The number of halogens is 3. The minimum absolute atomic E-state index is 0.0968. The number of carbonyl (C=O) groups excluding carboxylic acids is 4. The van der Waals surface area contributed by atoms with Gasteiger partial charge in [0.25, 0.3) is 5.91 Å². The van der Waals surface area contributed by atoms with Crippen molar-refractivity contribution in [1.82, 2.24) is 30.2 Å². The van der Waals surface area contributed by atoms with Gasteiger partial charge in [-0.1, -0.05) is 33.6 Å². The quantitative estimate of drug-likeness (QED) is 0.383. The average Bonchev–Trinajstić information content (AvgIpc) is 4.07. The second kappa shape index (κ2) is 14.6. The normalized spacial score (nSPS) is 33.1. The smallest absolute Gasteiger partial charge is 0.408 e. The molecule has 18 heteroatoms. The van der Waals surface area contributed by atoms with Gasteiger partial charge in [-0.15, -0.1) is 0 Å². The monoisotopic (exact) mass is 818 g/mol. The molecule has 2 aromatic rings. The summed E-state index contributed by atoms with van der Waals surface area (Å²) in [6, 6.07) is 1.42. The molecule has 4 aliphatic carbocycles. The fourth-order valence-electron chi connectivity index (χ4n) is 9.18. The van der Waals surface area contributed by atoms with Gasteiger partial charge in [0.15, 0.2) is 0 Å². The number of hydrogen-bond donors (Lipinski definition) is 3. The molecule has 3 N–H and O–H groups in total. The molecule has 4 amide bonds. The summed E-state index contributed by atoms with van der Waals surface area (Å²) >= 11 is 0. The van der Waals surface area contributed by atoms with E-state index in [1.165, 1.54) is 23.1 Å². The van der Waals surface area contributed by atoms with E-state index in [2.05, 4.69) is 15.6 Å². The van der Waals surface area contributed by atoms with Crippen LogP contribution in [0.2, 0.25) is 0 Å². The number of aromatic nitrogens is 2. The van der Waals surface area contributed by atoms with Crippen molar-refractivity contribution >= 4 is 44.9 Å². The third kappa shape index (κ3) is 7.98. The van der Waals surface area contributed by atoms with Crippen LogP contribution in [0, 0.1) is 34.9 Å². The molecular formula is C39H49F3N6O8S. The number of carbonyl (C=O) groups is 4. The fraction of sp³-hybridized carbons (Fsp3) is 0.692. The molecule has 5 fully saturated rings. The molecule has 1 aromatic carbocycles. The maximum atomic E-state index is 14.7. The van der Waals surface area contributed by atoms with Gasteiger partial charge in [-0.3, -0.25) is 19.1 Å². The maximum absolute atomic E-state index is 14.7. The lowest BCUT2D eigenvalue weighted by Gasteiger charge is -2.36. The van der Waals surface area contributed by atoms with Crippen LogP contribution in [0.25, 0.3) is 11.0 Å². The molecule has 57 heavy (non-hydrogen) atoms. The second-order valence-corrected chi connectivity index (χ2v) is 19.9. The van der Waals surface area contributed by atoms with Crippen molar-refractivity contribution < 1.29 is 50.2 Å². The minimum Gasteiger partial charge on any atom is -0.471 e. The average molecular weight is 819 g/mol. The summed E-state index contributed by atoms with van der Waals surface area (Å²) in [7, 11) is -4.15. The highest BCUT2D eigenvalue weighted by Crippen LogP contribution is 2.58. The zero-order valence-corrected chi connectivity index (χ0v) is 33.0. The highest BCUT2D eigenvalue weighted by molar-refractivity contribution is 7.91. The number of alkyl carbamates (subject to hydrolysis) is 1. The molecule has 1 saturated heterocycles. The Morgan fingerprint density at radius 1 is 1.00 bits per heavy atom. The summed E-state index contributed by atoms with van der Waals surface area (Å²) in [5, 5.41) is 4.36. The molecule has 2 aliphatic heterocycles. The number of hydrogen-bond acceptors (Lipinski definition) is 10. The molecule has 2 bridgehead atoms. The van der Waals surface area contributed by atoms with E-state index in [1.54, 1.807) is 20.8 Å². The number of rotatable bonds is 6. The number of fused-ring (bicyclic) bond motifs is 7. The Bertz CT molecular complexity index is 2080. The summed E-state index contributed by atoms with van der Waals surface area (Å²) < 4.78 is 82.4. The first-order valence-corrected chi connectivity index (χ1v) is 21.5. The van der Waals surface area contributed by atoms with Gasteiger partial charge in [-0.2, -0.15) is 0 Å². The van der Waals surface area contributed by atoms with E-state index in [9.17, 15) is 40.8 Å². The largest absolute Gasteiger partial charge is 0.471 e. The van der Waals surface area contributed by atoms with Crippen molar-refractivity contribution in [1.29, 1.82) is 0 Å². The summed E-state index contributed by atoms with van der Waals surface area (Å²) in [5.41, 5.74) is -1.95. The molecule has 0 radical (unpaired) electrons. The van der Waals surface area contributed by atoms with E-state index in [0.29, 0.717) is 42.3 Å². The summed E-state index contributed by atoms with van der Waals surface area (Å²) in [6.45, 7) is 5.00. The van der Waals surface area contributed by atoms with Crippen LogP contribution in [0.4, 0.5) is 18.0 Å². The van der Waals surface area contributed by atoms with Crippen LogP contribution in [-0.4, -0.2) is 95.2 Å². The number of ether oxygens (including phenoxy) is 2. The first kappa shape index (κ1) is 39.6. The van der Waals surface area contributed by atoms with Crippen molar-refractivity contribution in [3.05, 3.63) is 29.7 Å². The van der Waals surface area contributed by atoms with Crippen molar-refractivity contribution in [2.24, 2.45) is 29.1 Å². The van der Waals surface area contributed by atoms with Crippen LogP contribution in [0.1, 0.15) is 90.7 Å². The molecule has 0 spiro atoms. The molecule has 14 nitrogen and oxygen atoms in total. The van der Waals surface area contributed by atoms with Crippen LogP contribution in [0.15, 0.2) is 18.2 Å². The Morgan fingerprint density at radius 2 is 1.77 bits per heavy atom. The van der Waals surface area contributed by atoms with Crippen molar-refractivity contribution in [3.63, 3.8) is 0 Å². The predicted octanol–water partition coefficient (Wildman–Crippen LogP) is 4.15. The van der Waals surface area contributed by atoms with E-state index in [0.717, 1.165) is 38.5 Å². The third-order valence-electron chi connectivity index (χ3n) is 12.7. The molecule has 4 saturated carbocycles. The van der Waals surface area contributed by atoms with Gasteiger partial charge in [0.2, 0.25) is 34.1 Å². The number of nitrogens with one attached hydrogen (secondary N) is 3. The lowest BCUT2D eigenvalue weighted by Crippen LogP contribution is -2.60. The number of amides is 4. The summed E-state index contributed by atoms with van der Waals surface area (Å²) in [6.07, 6.45) is 0.536. The highest BCUT2D eigenvalue weighted by Gasteiger charge is 2.67. The molecule has 310 valence electrons. The van der Waals surface area contributed by atoms with Gasteiger partial charge in [0.1, 0.15) is 41.3 Å². The number of alkyl halides is 2. The predicted molar refractivity (Wildman–Crippen MR) is 198 cm³/mol. The zero-order valence-electron chi connectivity index (χ0n) is 32.1. The van der Waals surface area contributed by atoms with E-state index in [4.69, 9.17) is 14.5 Å². The van der Waals surface area contributed by atoms with Crippen molar-refractivity contribution in [2.75, 3.05) is 6.54 Å². The number of nitrogens with zero attached hydrogens (tertiary/aromatic N) is 3. The van der Waals surface area contributed by atoms with Gasteiger partial charge in [0.05, 0.1) is 28.7 Å². The first-order valence-electron chi connectivity index (χ1n) is 20.0. The van der Waals surface area contributed by atoms with Gasteiger partial charge >= 0.3 is 6.09 Å². The van der Waals surface area contributed by atoms with Crippen LogP contribution < -0.4 is 20.1 Å². The van der Waals surface area contributed by atoms with E-state index >= 15 is 0 Å². The third-order valence-corrected chi connectivity index (χ3v) is 14.5.